The van der Waals surface area contributed by atoms with Gasteiger partial charge in [0.15, 0.2) is 0 Å². The molecule has 1 aromatic heterocycles. The fourth-order valence-electron chi connectivity index (χ4n) is 1.34. The van der Waals surface area contributed by atoms with E-state index in [0.717, 1.165) is 0 Å². The zero-order valence-corrected chi connectivity index (χ0v) is 9.90. The second-order valence-electron chi connectivity index (χ2n) is 4.61. The Hall–Kier alpha value is -2.05. The molecule has 0 aliphatic rings. The maximum absolute atomic E-state index is 12.0. The van der Waals surface area contributed by atoms with E-state index in [2.05, 4.69) is 9.97 Å². The van der Waals surface area contributed by atoms with Crippen molar-refractivity contribution in [1.82, 2.24) is 14.9 Å². The molecule has 0 saturated heterocycles. The zero-order valence-electron chi connectivity index (χ0n) is 9.90. The van der Waals surface area contributed by atoms with Gasteiger partial charge in [-0.1, -0.05) is 0 Å². The fraction of sp³-hybridized carbons (Fsp3) is 0.500. The molecule has 7 heteroatoms. The summed E-state index contributed by atoms with van der Waals surface area (Å²) in [6.07, 6.45) is 1.23. The van der Waals surface area contributed by atoms with Crippen molar-refractivity contribution in [2.75, 3.05) is 6.54 Å². The Morgan fingerprint density at radius 3 is 2.35 bits per heavy atom. The molecule has 0 aliphatic carbocycles. The summed E-state index contributed by atoms with van der Waals surface area (Å²) in [5.74, 6) is -1.63. The van der Waals surface area contributed by atoms with Gasteiger partial charge in [0.05, 0.1) is 0 Å². The van der Waals surface area contributed by atoms with Gasteiger partial charge in [-0.3, -0.25) is 9.59 Å². The van der Waals surface area contributed by atoms with Crippen LogP contribution in [0.25, 0.3) is 0 Å². The number of carboxylic acids is 1. The third-order valence-electron chi connectivity index (χ3n) is 2.17. The molecule has 1 heterocycles. The minimum Gasteiger partial charge on any atom is -0.480 e. The Labute approximate surface area is 97.5 Å². The Balaban J connectivity index is 3.03. The predicted molar refractivity (Wildman–Crippen MR) is 59.8 cm³/mol. The Kier molecular flexibility index (Phi) is 3.40. The molecule has 0 fully saturated rings. The molecule has 1 amide bonds. The average molecular weight is 241 g/mol. The van der Waals surface area contributed by atoms with Gasteiger partial charge < -0.3 is 20.0 Å². The summed E-state index contributed by atoms with van der Waals surface area (Å²) < 4.78 is 0. The SMILES string of the molecule is CC(C)(C)N(CC(=O)O)C(=O)c1c[nH]c(=O)[nH]1. The van der Waals surface area contributed by atoms with Crippen LogP contribution in [-0.2, 0) is 4.79 Å². The second kappa shape index (κ2) is 4.44. The number of aromatic nitrogens is 2. The summed E-state index contributed by atoms with van der Waals surface area (Å²) in [7, 11) is 0. The fourth-order valence-corrected chi connectivity index (χ4v) is 1.34. The van der Waals surface area contributed by atoms with Crippen molar-refractivity contribution in [3.63, 3.8) is 0 Å². The van der Waals surface area contributed by atoms with E-state index < -0.39 is 29.6 Å². The van der Waals surface area contributed by atoms with Crippen LogP contribution in [0.2, 0.25) is 0 Å². The molecule has 7 nitrogen and oxygen atoms in total. The molecule has 3 N–H and O–H groups in total. The van der Waals surface area contributed by atoms with Crippen molar-refractivity contribution < 1.29 is 14.7 Å². The van der Waals surface area contributed by atoms with Crippen LogP contribution in [0.15, 0.2) is 11.0 Å². The van der Waals surface area contributed by atoms with Crippen LogP contribution in [0.1, 0.15) is 31.3 Å². The van der Waals surface area contributed by atoms with Crippen LogP contribution in [0.3, 0.4) is 0 Å². The maximum Gasteiger partial charge on any atom is 0.323 e. The molecule has 0 aromatic carbocycles. The number of nitrogens with zero attached hydrogens (tertiary/aromatic N) is 1. The van der Waals surface area contributed by atoms with Crippen LogP contribution in [0, 0.1) is 0 Å². The highest BCUT2D eigenvalue weighted by Crippen LogP contribution is 2.15. The number of amides is 1. The quantitative estimate of drug-likeness (QED) is 0.693. The first-order valence-electron chi connectivity index (χ1n) is 5.03. The largest absolute Gasteiger partial charge is 0.480 e. The Morgan fingerprint density at radius 1 is 1.41 bits per heavy atom. The molecule has 1 rings (SSSR count). The van der Waals surface area contributed by atoms with Crippen molar-refractivity contribution in [2.45, 2.75) is 26.3 Å². The molecular formula is C10H15N3O4. The lowest BCUT2D eigenvalue weighted by Gasteiger charge is -2.33. The van der Waals surface area contributed by atoms with Gasteiger partial charge in [0.2, 0.25) is 0 Å². The average Bonchev–Trinajstić information content (AvgIpc) is 2.58. The van der Waals surface area contributed by atoms with Crippen molar-refractivity contribution >= 4 is 11.9 Å². The maximum atomic E-state index is 12.0. The normalized spacial score (nSPS) is 11.2. The van der Waals surface area contributed by atoms with Crippen LogP contribution in [-0.4, -0.2) is 43.9 Å². The smallest absolute Gasteiger partial charge is 0.323 e. The number of aromatic amines is 2. The van der Waals surface area contributed by atoms with Gasteiger partial charge in [-0.05, 0) is 20.8 Å². The highest BCUT2D eigenvalue weighted by Gasteiger charge is 2.29. The predicted octanol–water partition coefficient (Wildman–Crippen LogP) is 0.0283. The van der Waals surface area contributed by atoms with E-state index in [0.29, 0.717) is 0 Å². The lowest BCUT2D eigenvalue weighted by Crippen LogP contribution is -2.48. The van der Waals surface area contributed by atoms with Crippen molar-refractivity contribution in [3.8, 4) is 0 Å². The van der Waals surface area contributed by atoms with E-state index >= 15 is 0 Å². The first-order valence-corrected chi connectivity index (χ1v) is 5.03. The minimum absolute atomic E-state index is 0.0474. The van der Waals surface area contributed by atoms with Crippen LogP contribution in [0.4, 0.5) is 0 Å². The molecule has 0 atom stereocenters. The van der Waals surface area contributed by atoms with Gasteiger partial charge in [-0.25, -0.2) is 4.79 Å². The minimum atomic E-state index is -1.11. The number of hydrogen-bond donors (Lipinski definition) is 3. The van der Waals surface area contributed by atoms with E-state index in [1.807, 2.05) is 0 Å². The molecule has 0 aliphatic heterocycles. The monoisotopic (exact) mass is 241 g/mol. The first-order chi connectivity index (χ1) is 7.71. The highest BCUT2D eigenvalue weighted by atomic mass is 16.4. The summed E-state index contributed by atoms with van der Waals surface area (Å²) >= 11 is 0. The van der Waals surface area contributed by atoms with Gasteiger partial charge in [-0.15, -0.1) is 0 Å². The molecule has 1 aromatic rings. The van der Waals surface area contributed by atoms with Gasteiger partial charge >= 0.3 is 11.7 Å². The van der Waals surface area contributed by atoms with E-state index in [-0.39, 0.29) is 5.69 Å². The number of imidazole rings is 1. The van der Waals surface area contributed by atoms with Crippen LogP contribution in [0.5, 0.6) is 0 Å². The molecule has 17 heavy (non-hydrogen) atoms. The van der Waals surface area contributed by atoms with Crippen molar-refractivity contribution in [1.29, 1.82) is 0 Å². The third kappa shape index (κ3) is 3.20. The van der Waals surface area contributed by atoms with Crippen LogP contribution >= 0.6 is 0 Å². The lowest BCUT2D eigenvalue weighted by molar-refractivity contribution is -0.138. The summed E-state index contributed by atoms with van der Waals surface area (Å²) in [6.45, 7) is 4.74. The molecule has 0 radical (unpaired) electrons. The number of carboxylic acid groups (broad SMARTS) is 1. The highest BCUT2D eigenvalue weighted by molar-refractivity contribution is 5.94. The number of carbonyl (C=O) groups is 2. The number of hydrogen-bond acceptors (Lipinski definition) is 3. The third-order valence-corrected chi connectivity index (χ3v) is 2.17. The lowest BCUT2D eigenvalue weighted by atomic mass is 10.1. The molecule has 0 bridgehead atoms. The van der Waals surface area contributed by atoms with E-state index in [9.17, 15) is 14.4 Å². The zero-order chi connectivity index (χ0) is 13.2. The Bertz CT molecular complexity index is 480. The van der Waals surface area contributed by atoms with E-state index in [1.165, 1.54) is 11.1 Å². The summed E-state index contributed by atoms with van der Waals surface area (Å²) in [4.78, 5) is 39.4. The van der Waals surface area contributed by atoms with Crippen molar-refractivity contribution in [3.05, 3.63) is 22.4 Å². The first kappa shape index (κ1) is 13.0. The molecular weight excluding hydrogens is 226 g/mol. The number of rotatable bonds is 3. The van der Waals surface area contributed by atoms with Crippen LogP contribution < -0.4 is 5.69 Å². The molecule has 0 unspecified atom stereocenters. The van der Waals surface area contributed by atoms with Gasteiger partial charge in [0, 0.05) is 11.7 Å². The standard InChI is InChI=1S/C10H15N3O4/c1-10(2,3)13(5-7(14)15)8(16)6-4-11-9(17)12-6/h4H,5H2,1-3H3,(H,14,15)(H2,11,12,17). The summed E-state index contributed by atoms with van der Waals surface area (Å²) in [6, 6.07) is 0. The number of nitrogens with one attached hydrogen (secondary N) is 2. The number of aliphatic carboxylic acids is 1. The van der Waals surface area contributed by atoms with E-state index in [1.54, 1.807) is 20.8 Å². The van der Waals surface area contributed by atoms with Crippen molar-refractivity contribution in [2.24, 2.45) is 0 Å². The molecule has 0 saturated carbocycles. The van der Waals surface area contributed by atoms with Gasteiger partial charge in [0.1, 0.15) is 12.2 Å². The van der Waals surface area contributed by atoms with Gasteiger partial charge in [-0.2, -0.15) is 0 Å². The molecule has 94 valence electrons. The van der Waals surface area contributed by atoms with Gasteiger partial charge in [0.25, 0.3) is 5.91 Å². The molecule has 0 spiro atoms. The second-order valence-corrected chi connectivity index (χ2v) is 4.61. The number of carbonyl (C=O) groups excluding carboxylic acids is 1. The summed E-state index contributed by atoms with van der Waals surface area (Å²) in [5, 5.41) is 8.77. The topological polar surface area (TPSA) is 106 Å². The number of H-pyrrole nitrogens is 2. The Morgan fingerprint density at radius 2 is 2.00 bits per heavy atom. The summed E-state index contributed by atoms with van der Waals surface area (Å²) in [5.41, 5.74) is -1.10. The van der Waals surface area contributed by atoms with E-state index in [4.69, 9.17) is 5.11 Å².